The molecule has 172 valence electrons. The number of aromatic nitrogens is 2. The van der Waals surface area contributed by atoms with Gasteiger partial charge in [0.15, 0.2) is 16.6 Å². The summed E-state index contributed by atoms with van der Waals surface area (Å²) in [5.41, 5.74) is 5.43. The van der Waals surface area contributed by atoms with Gasteiger partial charge in [0.05, 0.1) is 30.6 Å². The predicted molar refractivity (Wildman–Crippen MR) is 131 cm³/mol. The first-order valence-electron chi connectivity index (χ1n) is 11.2. The van der Waals surface area contributed by atoms with E-state index in [2.05, 4.69) is 45.7 Å². The van der Waals surface area contributed by atoms with Crippen LogP contribution < -0.4 is 14.8 Å². The zero-order valence-corrected chi connectivity index (χ0v) is 19.7. The first kappa shape index (κ1) is 20.8. The minimum Gasteiger partial charge on any atom is -0.467 e. The molecule has 2 aliphatic heterocycles. The van der Waals surface area contributed by atoms with E-state index in [4.69, 9.17) is 26.1 Å². The van der Waals surface area contributed by atoms with E-state index >= 15 is 0 Å². The van der Waals surface area contributed by atoms with Crippen LogP contribution in [0.1, 0.15) is 40.5 Å². The molecule has 8 heteroatoms. The van der Waals surface area contributed by atoms with Crippen molar-refractivity contribution in [2.75, 3.05) is 6.79 Å². The van der Waals surface area contributed by atoms with Crippen LogP contribution in [0.15, 0.2) is 71.5 Å². The molecule has 3 aromatic heterocycles. The van der Waals surface area contributed by atoms with Crippen LogP contribution in [0.3, 0.4) is 0 Å². The van der Waals surface area contributed by atoms with Gasteiger partial charge in [-0.25, -0.2) is 0 Å². The predicted octanol–water partition coefficient (Wildman–Crippen LogP) is 4.98. The van der Waals surface area contributed by atoms with E-state index in [0.717, 1.165) is 40.0 Å². The first-order chi connectivity index (χ1) is 16.6. The summed E-state index contributed by atoms with van der Waals surface area (Å²) in [6.07, 6.45) is 3.51. The second kappa shape index (κ2) is 8.22. The topological polar surface area (TPSA) is 64.7 Å². The van der Waals surface area contributed by atoms with E-state index in [-0.39, 0.29) is 18.9 Å². The lowest BCUT2D eigenvalue weighted by molar-refractivity contribution is 0.174. The van der Waals surface area contributed by atoms with E-state index in [9.17, 15) is 0 Å². The first-order valence-corrected chi connectivity index (χ1v) is 11.6. The van der Waals surface area contributed by atoms with Gasteiger partial charge < -0.3 is 28.7 Å². The SMILES string of the molecule is Cc1cc([C@H]2[C@H](c3ccccn3)NC(=S)N2Cc2ccco2)c(C)n1-c1ccc2c(c1)OCO2. The van der Waals surface area contributed by atoms with E-state index < -0.39 is 0 Å². The fourth-order valence-corrected chi connectivity index (χ4v) is 5.30. The molecule has 7 nitrogen and oxygen atoms in total. The molecule has 1 N–H and O–H groups in total. The molecule has 4 aromatic rings. The van der Waals surface area contributed by atoms with Crippen molar-refractivity contribution in [3.8, 4) is 17.2 Å². The summed E-state index contributed by atoms with van der Waals surface area (Å²) in [7, 11) is 0. The van der Waals surface area contributed by atoms with Crippen LogP contribution in [0, 0.1) is 13.8 Å². The summed E-state index contributed by atoms with van der Waals surface area (Å²) in [5, 5.41) is 4.20. The van der Waals surface area contributed by atoms with Crippen molar-refractivity contribution in [3.05, 3.63) is 95.5 Å². The molecule has 1 aromatic carbocycles. The number of rotatable bonds is 5. The van der Waals surface area contributed by atoms with Crippen molar-refractivity contribution in [1.82, 2.24) is 19.8 Å². The molecule has 5 heterocycles. The van der Waals surface area contributed by atoms with Crippen molar-refractivity contribution in [3.63, 3.8) is 0 Å². The molecule has 2 atom stereocenters. The van der Waals surface area contributed by atoms with Gasteiger partial charge in [0, 0.05) is 29.3 Å². The van der Waals surface area contributed by atoms with Crippen LogP contribution in [0.25, 0.3) is 5.69 Å². The van der Waals surface area contributed by atoms with Gasteiger partial charge in [0.25, 0.3) is 0 Å². The summed E-state index contributed by atoms with van der Waals surface area (Å²) < 4.78 is 19.0. The highest BCUT2D eigenvalue weighted by atomic mass is 32.1. The number of nitrogens with zero attached hydrogens (tertiary/aromatic N) is 3. The minimum absolute atomic E-state index is 0.0542. The number of pyridine rings is 1. The summed E-state index contributed by atoms with van der Waals surface area (Å²) >= 11 is 5.81. The molecule has 0 aliphatic carbocycles. The van der Waals surface area contributed by atoms with Gasteiger partial charge in [-0.2, -0.15) is 0 Å². The summed E-state index contributed by atoms with van der Waals surface area (Å²) in [6, 6.07) is 18.0. The number of hydrogen-bond acceptors (Lipinski definition) is 5. The summed E-state index contributed by atoms with van der Waals surface area (Å²) in [4.78, 5) is 6.84. The van der Waals surface area contributed by atoms with Gasteiger partial charge in [0.2, 0.25) is 6.79 Å². The molecule has 6 rings (SSSR count). The largest absolute Gasteiger partial charge is 0.467 e. The smallest absolute Gasteiger partial charge is 0.231 e. The lowest BCUT2D eigenvalue weighted by Gasteiger charge is -2.27. The average molecular weight is 473 g/mol. The minimum atomic E-state index is -0.0885. The monoisotopic (exact) mass is 472 g/mol. The summed E-state index contributed by atoms with van der Waals surface area (Å²) in [6.45, 7) is 5.09. The molecule has 0 unspecified atom stereocenters. The number of hydrogen-bond donors (Lipinski definition) is 1. The fraction of sp³-hybridized carbons (Fsp3) is 0.231. The van der Waals surface area contributed by atoms with Crippen molar-refractivity contribution >= 4 is 17.3 Å². The standard InChI is InChI=1S/C26H24N4O3S/c1-16-12-20(17(2)30(16)18-8-9-22-23(13-18)33-15-32-22)25-24(21-7-3-4-10-27-21)28-26(34)29(25)14-19-6-5-11-31-19/h3-13,24-25H,14-15H2,1-2H3,(H,28,34)/t24-,25-/m0/s1. The highest BCUT2D eigenvalue weighted by molar-refractivity contribution is 7.80. The van der Waals surface area contributed by atoms with Crippen LogP contribution in [-0.2, 0) is 6.54 Å². The maximum absolute atomic E-state index is 5.81. The Bertz CT molecular complexity index is 1350. The number of fused-ring (bicyclic) bond motifs is 1. The van der Waals surface area contributed by atoms with Gasteiger partial charge in [-0.3, -0.25) is 4.98 Å². The van der Waals surface area contributed by atoms with Crippen LogP contribution in [0.4, 0.5) is 0 Å². The number of furan rings is 1. The molecular weight excluding hydrogens is 448 g/mol. The van der Waals surface area contributed by atoms with Gasteiger partial charge in [0.1, 0.15) is 5.76 Å². The second-order valence-electron chi connectivity index (χ2n) is 8.53. The maximum Gasteiger partial charge on any atom is 0.231 e. The Balaban J connectivity index is 1.45. The lowest BCUT2D eigenvalue weighted by Crippen LogP contribution is -2.29. The van der Waals surface area contributed by atoms with Gasteiger partial charge >= 0.3 is 0 Å². The molecule has 0 spiro atoms. The van der Waals surface area contributed by atoms with E-state index in [0.29, 0.717) is 11.7 Å². The third-order valence-corrected chi connectivity index (χ3v) is 6.86. The number of nitrogens with one attached hydrogen (secondary N) is 1. The Labute approximate surface area is 202 Å². The molecule has 0 amide bonds. The zero-order valence-electron chi connectivity index (χ0n) is 18.9. The van der Waals surface area contributed by atoms with Crippen molar-refractivity contribution in [2.24, 2.45) is 0 Å². The molecule has 0 saturated carbocycles. The van der Waals surface area contributed by atoms with Crippen LogP contribution in [0.2, 0.25) is 0 Å². The van der Waals surface area contributed by atoms with Crippen LogP contribution >= 0.6 is 12.2 Å². The van der Waals surface area contributed by atoms with Gasteiger partial charge in [-0.05, 0) is 74.1 Å². The number of aryl methyl sites for hydroxylation is 1. The molecular formula is C26H24N4O3S. The Morgan fingerprint density at radius 2 is 1.94 bits per heavy atom. The summed E-state index contributed by atoms with van der Waals surface area (Å²) in [5.74, 6) is 2.40. The molecule has 0 bridgehead atoms. The Morgan fingerprint density at radius 1 is 1.06 bits per heavy atom. The second-order valence-corrected chi connectivity index (χ2v) is 8.92. The van der Waals surface area contributed by atoms with E-state index in [1.807, 2.05) is 48.7 Å². The normalized spacial score (nSPS) is 19.0. The average Bonchev–Trinajstić information content (AvgIpc) is 3.63. The molecule has 0 radical (unpaired) electrons. The molecule has 1 fully saturated rings. The number of thiocarbonyl (C=S) groups is 1. The van der Waals surface area contributed by atoms with Gasteiger partial charge in [-0.1, -0.05) is 6.07 Å². The Hall–Kier alpha value is -3.78. The molecule has 1 saturated heterocycles. The van der Waals surface area contributed by atoms with Crippen molar-refractivity contribution in [1.29, 1.82) is 0 Å². The Morgan fingerprint density at radius 3 is 2.74 bits per heavy atom. The highest BCUT2D eigenvalue weighted by Gasteiger charge is 2.41. The van der Waals surface area contributed by atoms with Gasteiger partial charge in [-0.15, -0.1) is 0 Å². The lowest BCUT2D eigenvalue weighted by atomic mass is 9.96. The van der Waals surface area contributed by atoms with Crippen LogP contribution in [0.5, 0.6) is 11.5 Å². The Kier molecular flexibility index (Phi) is 5.03. The van der Waals surface area contributed by atoms with Crippen LogP contribution in [-0.4, -0.2) is 26.4 Å². The molecule has 2 aliphatic rings. The van der Waals surface area contributed by atoms with Crippen molar-refractivity contribution in [2.45, 2.75) is 32.5 Å². The maximum atomic E-state index is 5.81. The molecule has 34 heavy (non-hydrogen) atoms. The highest BCUT2D eigenvalue weighted by Crippen LogP contribution is 2.43. The fourth-order valence-electron chi connectivity index (χ4n) is 4.99. The number of ether oxygens (including phenoxy) is 2. The quantitative estimate of drug-likeness (QED) is 0.411. The third-order valence-electron chi connectivity index (χ3n) is 6.51. The van der Waals surface area contributed by atoms with E-state index in [1.54, 1.807) is 6.26 Å². The zero-order chi connectivity index (χ0) is 23.2. The number of benzene rings is 1. The third kappa shape index (κ3) is 3.42. The van der Waals surface area contributed by atoms with E-state index in [1.165, 1.54) is 5.56 Å². The van der Waals surface area contributed by atoms with Crippen molar-refractivity contribution < 1.29 is 13.9 Å².